The average Bonchev–Trinajstić information content (AvgIpc) is 2.75. The molecule has 3 heteroatoms. The van der Waals surface area contributed by atoms with Crippen molar-refractivity contribution in [2.75, 3.05) is 6.61 Å². The molecule has 0 unspecified atom stereocenters. The summed E-state index contributed by atoms with van der Waals surface area (Å²) >= 11 is 0. The van der Waals surface area contributed by atoms with Crippen LogP contribution in [0.2, 0.25) is 0 Å². The Hall–Kier alpha value is -0.570. The topological polar surface area (TPSA) is 49.3 Å². The molecule has 3 nitrogen and oxygen atoms in total. The van der Waals surface area contributed by atoms with E-state index < -0.39 is 0 Å². The van der Waals surface area contributed by atoms with Crippen molar-refractivity contribution in [1.29, 1.82) is 0 Å². The van der Waals surface area contributed by atoms with Crippen LogP contribution < -0.4 is 5.32 Å². The van der Waals surface area contributed by atoms with Gasteiger partial charge in [-0.1, -0.05) is 32.6 Å². The highest BCUT2D eigenvalue weighted by Crippen LogP contribution is 2.28. The van der Waals surface area contributed by atoms with Crippen molar-refractivity contribution in [3.8, 4) is 0 Å². The van der Waals surface area contributed by atoms with Gasteiger partial charge in [0, 0.05) is 6.42 Å². The molecular weight excluding hydrogens is 190 g/mol. The first-order valence-corrected chi connectivity index (χ1v) is 6.16. The maximum atomic E-state index is 11.5. The molecule has 0 aromatic rings. The summed E-state index contributed by atoms with van der Waals surface area (Å²) in [6, 6.07) is -0.0546. The maximum absolute atomic E-state index is 11.5. The molecule has 0 aromatic carbocycles. The van der Waals surface area contributed by atoms with E-state index in [0.717, 1.165) is 18.8 Å². The molecule has 0 spiro atoms. The zero-order valence-corrected chi connectivity index (χ0v) is 9.67. The quantitative estimate of drug-likeness (QED) is 0.707. The van der Waals surface area contributed by atoms with Gasteiger partial charge < -0.3 is 10.4 Å². The van der Waals surface area contributed by atoms with Crippen molar-refractivity contribution in [3.05, 3.63) is 0 Å². The minimum atomic E-state index is -0.0546. The van der Waals surface area contributed by atoms with E-state index in [1.165, 1.54) is 25.7 Å². The Kier molecular flexibility index (Phi) is 5.69. The first-order chi connectivity index (χ1) is 7.26. The van der Waals surface area contributed by atoms with E-state index >= 15 is 0 Å². The van der Waals surface area contributed by atoms with Crippen LogP contribution in [0.3, 0.4) is 0 Å². The standard InChI is InChI=1S/C12H23NO2/c1-2-11(9-14)13-12(15)8-7-10-5-3-4-6-10/h10-11,14H,2-9H2,1H3,(H,13,15)/t11-/m0/s1. The highest BCUT2D eigenvalue weighted by atomic mass is 16.3. The Morgan fingerprint density at radius 2 is 2.13 bits per heavy atom. The molecule has 1 saturated carbocycles. The second-order valence-corrected chi connectivity index (χ2v) is 4.54. The number of hydrogen-bond acceptors (Lipinski definition) is 2. The summed E-state index contributed by atoms with van der Waals surface area (Å²) < 4.78 is 0. The number of carbonyl (C=O) groups excluding carboxylic acids is 1. The molecule has 1 aliphatic rings. The zero-order chi connectivity index (χ0) is 11.1. The van der Waals surface area contributed by atoms with Crippen LogP contribution >= 0.6 is 0 Å². The lowest BCUT2D eigenvalue weighted by Gasteiger charge is -2.15. The molecule has 1 rings (SSSR count). The highest BCUT2D eigenvalue weighted by molar-refractivity contribution is 5.76. The summed E-state index contributed by atoms with van der Waals surface area (Å²) in [4.78, 5) is 11.5. The van der Waals surface area contributed by atoms with Gasteiger partial charge in [0.2, 0.25) is 5.91 Å². The predicted molar refractivity (Wildman–Crippen MR) is 60.5 cm³/mol. The van der Waals surface area contributed by atoms with E-state index in [2.05, 4.69) is 5.32 Å². The second kappa shape index (κ2) is 6.83. The number of carbonyl (C=O) groups is 1. The minimum absolute atomic E-state index is 0.0473. The van der Waals surface area contributed by atoms with Crippen molar-refractivity contribution in [1.82, 2.24) is 5.32 Å². The molecule has 0 bridgehead atoms. The van der Waals surface area contributed by atoms with E-state index in [1.54, 1.807) is 0 Å². The highest BCUT2D eigenvalue weighted by Gasteiger charge is 2.16. The number of amides is 1. The lowest BCUT2D eigenvalue weighted by Crippen LogP contribution is -2.36. The Morgan fingerprint density at radius 3 is 2.67 bits per heavy atom. The van der Waals surface area contributed by atoms with Gasteiger partial charge in [0.25, 0.3) is 0 Å². The number of nitrogens with one attached hydrogen (secondary N) is 1. The summed E-state index contributed by atoms with van der Waals surface area (Å²) in [6.45, 7) is 2.02. The third kappa shape index (κ3) is 4.65. The molecule has 0 aromatic heterocycles. The van der Waals surface area contributed by atoms with Crippen LogP contribution in [-0.4, -0.2) is 23.7 Å². The summed E-state index contributed by atoms with van der Waals surface area (Å²) in [5.74, 6) is 0.868. The van der Waals surface area contributed by atoms with Gasteiger partial charge in [-0.05, 0) is 18.8 Å². The molecule has 0 radical (unpaired) electrons. The molecule has 1 atom stereocenters. The number of hydrogen-bond donors (Lipinski definition) is 2. The molecule has 0 saturated heterocycles. The number of rotatable bonds is 6. The molecule has 0 heterocycles. The SMILES string of the molecule is CC[C@@H](CO)NC(=O)CCC1CCCC1. The summed E-state index contributed by atoms with van der Waals surface area (Å²) in [5, 5.41) is 11.8. The van der Waals surface area contributed by atoms with Gasteiger partial charge in [-0.15, -0.1) is 0 Å². The fraction of sp³-hybridized carbons (Fsp3) is 0.917. The molecule has 1 amide bonds. The van der Waals surface area contributed by atoms with Crippen LogP contribution in [0.15, 0.2) is 0 Å². The van der Waals surface area contributed by atoms with Gasteiger partial charge in [-0.2, -0.15) is 0 Å². The second-order valence-electron chi connectivity index (χ2n) is 4.54. The van der Waals surface area contributed by atoms with Crippen molar-refractivity contribution in [2.45, 2.75) is 57.9 Å². The van der Waals surface area contributed by atoms with Crippen molar-refractivity contribution < 1.29 is 9.90 Å². The molecule has 15 heavy (non-hydrogen) atoms. The van der Waals surface area contributed by atoms with E-state index in [0.29, 0.717) is 6.42 Å². The first kappa shape index (κ1) is 12.5. The number of aliphatic hydroxyl groups excluding tert-OH is 1. The molecule has 1 fully saturated rings. The third-order valence-electron chi connectivity index (χ3n) is 3.33. The normalized spacial score (nSPS) is 19.1. The van der Waals surface area contributed by atoms with Crippen LogP contribution in [0.25, 0.3) is 0 Å². The Labute approximate surface area is 92.3 Å². The lowest BCUT2D eigenvalue weighted by atomic mass is 10.0. The maximum Gasteiger partial charge on any atom is 0.220 e. The van der Waals surface area contributed by atoms with Gasteiger partial charge in [-0.25, -0.2) is 0 Å². The Morgan fingerprint density at radius 1 is 1.47 bits per heavy atom. The van der Waals surface area contributed by atoms with Crippen molar-refractivity contribution in [3.63, 3.8) is 0 Å². The Balaban J connectivity index is 2.11. The first-order valence-electron chi connectivity index (χ1n) is 6.16. The molecular formula is C12H23NO2. The summed E-state index contributed by atoms with van der Waals surface area (Å²) in [7, 11) is 0. The van der Waals surface area contributed by atoms with Crippen LogP contribution in [0, 0.1) is 5.92 Å². The fourth-order valence-corrected chi connectivity index (χ4v) is 2.21. The molecule has 1 aliphatic carbocycles. The van der Waals surface area contributed by atoms with Gasteiger partial charge in [0.1, 0.15) is 0 Å². The van der Waals surface area contributed by atoms with E-state index in [-0.39, 0.29) is 18.6 Å². The van der Waals surface area contributed by atoms with Crippen LogP contribution in [-0.2, 0) is 4.79 Å². The van der Waals surface area contributed by atoms with E-state index in [9.17, 15) is 4.79 Å². The monoisotopic (exact) mass is 213 g/mol. The van der Waals surface area contributed by atoms with Crippen LogP contribution in [0.4, 0.5) is 0 Å². The molecule has 2 N–H and O–H groups in total. The Bertz CT molecular complexity index is 184. The fourth-order valence-electron chi connectivity index (χ4n) is 2.21. The van der Waals surface area contributed by atoms with Crippen LogP contribution in [0.5, 0.6) is 0 Å². The van der Waals surface area contributed by atoms with E-state index in [4.69, 9.17) is 5.11 Å². The van der Waals surface area contributed by atoms with E-state index in [1.807, 2.05) is 6.92 Å². The van der Waals surface area contributed by atoms with Gasteiger partial charge >= 0.3 is 0 Å². The smallest absolute Gasteiger partial charge is 0.220 e. The minimum Gasteiger partial charge on any atom is -0.394 e. The van der Waals surface area contributed by atoms with Crippen molar-refractivity contribution in [2.24, 2.45) is 5.92 Å². The van der Waals surface area contributed by atoms with Gasteiger partial charge in [0.05, 0.1) is 12.6 Å². The van der Waals surface area contributed by atoms with Crippen LogP contribution in [0.1, 0.15) is 51.9 Å². The van der Waals surface area contributed by atoms with Gasteiger partial charge in [-0.3, -0.25) is 4.79 Å². The predicted octanol–water partition coefficient (Wildman–Crippen LogP) is 1.84. The molecule has 88 valence electrons. The van der Waals surface area contributed by atoms with Gasteiger partial charge in [0.15, 0.2) is 0 Å². The summed E-state index contributed by atoms with van der Waals surface area (Å²) in [6.07, 6.45) is 7.70. The largest absolute Gasteiger partial charge is 0.394 e. The number of aliphatic hydroxyl groups is 1. The average molecular weight is 213 g/mol. The van der Waals surface area contributed by atoms with Crippen molar-refractivity contribution >= 4 is 5.91 Å². The molecule has 0 aliphatic heterocycles. The summed E-state index contributed by atoms with van der Waals surface area (Å²) in [5.41, 5.74) is 0. The zero-order valence-electron chi connectivity index (χ0n) is 9.67. The lowest BCUT2D eigenvalue weighted by molar-refractivity contribution is -0.122. The third-order valence-corrected chi connectivity index (χ3v) is 3.33.